The lowest BCUT2D eigenvalue weighted by atomic mass is 10.1. The Balaban J connectivity index is 2.18. The fraction of sp³-hybridized carbons (Fsp3) is 0.455. The summed E-state index contributed by atoms with van der Waals surface area (Å²) < 4.78 is 8.90. The zero-order valence-electron chi connectivity index (χ0n) is 9.71. The first-order chi connectivity index (χ1) is 8.13. The number of hydrogen-bond acceptors (Lipinski definition) is 5. The predicted molar refractivity (Wildman–Crippen MR) is 69.7 cm³/mol. The van der Waals surface area contributed by atoms with Crippen molar-refractivity contribution in [3.05, 3.63) is 34.9 Å². The average molecular weight is 275 g/mol. The predicted octanol–water partition coefficient (Wildman–Crippen LogP) is 2.68. The van der Waals surface area contributed by atoms with E-state index in [1.807, 2.05) is 38.4 Å². The van der Waals surface area contributed by atoms with Crippen molar-refractivity contribution in [2.75, 3.05) is 19.8 Å². The van der Waals surface area contributed by atoms with Crippen molar-refractivity contribution in [1.29, 1.82) is 0 Å². The molecule has 1 aromatic carbocycles. The summed E-state index contributed by atoms with van der Waals surface area (Å²) in [5.74, 6) is 0.519. The Morgan fingerprint density at radius 3 is 2.59 bits per heavy atom. The molecule has 2 atom stereocenters. The molecule has 1 N–H and O–H groups in total. The van der Waals surface area contributed by atoms with Gasteiger partial charge in [-0.3, -0.25) is 9.74 Å². The van der Waals surface area contributed by atoms with Gasteiger partial charge in [-0.2, -0.15) is 5.06 Å². The molecule has 2 rings (SSSR count). The largest absolute Gasteiger partial charge is 0.330 e. The minimum Gasteiger partial charge on any atom is -0.330 e. The molecular formula is C11H15ClN2O2S. The summed E-state index contributed by atoms with van der Waals surface area (Å²) in [7, 11) is 3.86. The van der Waals surface area contributed by atoms with E-state index in [9.17, 15) is 0 Å². The zero-order chi connectivity index (χ0) is 12.4. The maximum atomic E-state index is 8.90. The number of hydrogen-bond donors (Lipinski definition) is 1. The quantitative estimate of drug-likeness (QED) is 0.858. The van der Waals surface area contributed by atoms with Gasteiger partial charge in [-0.1, -0.05) is 23.7 Å². The standard InChI is InChI=1S/C11H15ClN2O2S/c1-13-10(7-17-15)16-14(2)11(13)8-3-5-9(12)6-4-8/h3-6,10-11,15H,7H2,1-2H3. The Morgan fingerprint density at radius 1 is 1.35 bits per heavy atom. The van der Waals surface area contributed by atoms with Crippen molar-refractivity contribution in [2.45, 2.75) is 12.4 Å². The van der Waals surface area contributed by atoms with E-state index in [2.05, 4.69) is 4.90 Å². The summed E-state index contributed by atoms with van der Waals surface area (Å²) in [6, 6.07) is 7.70. The molecule has 0 aliphatic carbocycles. The minimum absolute atomic E-state index is 0.0458. The topological polar surface area (TPSA) is 35.9 Å². The maximum Gasteiger partial charge on any atom is 0.145 e. The zero-order valence-corrected chi connectivity index (χ0v) is 11.3. The van der Waals surface area contributed by atoms with Crippen LogP contribution in [0.25, 0.3) is 0 Å². The molecule has 4 nitrogen and oxygen atoms in total. The van der Waals surface area contributed by atoms with Crippen LogP contribution in [0.4, 0.5) is 0 Å². The molecule has 1 fully saturated rings. The van der Waals surface area contributed by atoms with Gasteiger partial charge in [0.25, 0.3) is 0 Å². The summed E-state index contributed by atoms with van der Waals surface area (Å²) in [5, 5.41) is 2.52. The van der Waals surface area contributed by atoms with Crippen molar-refractivity contribution in [2.24, 2.45) is 0 Å². The van der Waals surface area contributed by atoms with E-state index < -0.39 is 0 Å². The molecular weight excluding hydrogens is 260 g/mol. The van der Waals surface area contributed by atoms with Gasteiger partial charge in [0.2, 0.25) is 0 Å². The molecule has 0 radical (unpaired) electrons. The average Bonchev–Trinajstić information content (AvgIpc) is 2.57. The van der Waals surface area contributed by atoms with Crippen molar-refractivity contribution in [3.63, 3.8) is 0 Å². The van der Waals surface area contributed by atoms with Crippen LogP contribution in [0.5, 0.6) is 0 Å². The fourth-order valence-electron chi connectivity index (χ4n) is 2.03. The SMILES string of the molecule is CN1OC(CSO)N(C)C1c1ccc(Cl)cc1. The molecule has 0 spiro atoms. The highest BCUT2D eigenvalue weighted by Gasteiger charge is 2.37. The third-order valence-electron chi connectivity index (χ3n) is 2.86. The molecule has 0 aromatic heterocycles. The first kappa shape index (κ1) is 13.1. The van der Waals surface area contributed by atoms with E-state index in [0.717, 1.165) is 22.6 Å². The molecule has 1 heterocycles. The number of benzene rings is 1. The Hall–Kier alpha value is -0.300. The smallest absolute Gasteiger partial charge is 0.145 e. The van der Waals surface area contributed by atoms with Gasteiger partial charge in [-0.25, -0.2) is 0 Å². The second-order valence-electron chi connectivity index (χ2n) is 3.99. The molecule has 0 saturated carbocycles. The van der Waals surface area contributed by atoms with Crippen molar-refractivity contribution < 1.29 is 9.39 Å². The van der Waals surface area contributed by atoms with Crippen LogP contribution in [0, 0.1) is 0 Å². The monoisotopic (exact) mass is 274 g/mol. The Labute approximate surface area is 110 Å². The second kappa shape index (κ2) is 5.56. The summed E-state index contributed by atoms with van der Waals surface area (Å²) in [5.41, 5.74) is 1.12. The van der Waals surface area contributed by atoms with E-state index in [0.29, 0.717) is 5.75 Å². The molecule has 6 heteroatoms. The highest BCUT2D eigenvalue weighted by atomic mass is 35.5. The Bertz CT molecular complexity index is 376. The van der Waals surface area contributed by atoms with Crippen LogP contribution in [-0.2, 0) is 4.84 Å². The van der Waals surface area contributed by atoms with Gasteiger partial charge in [0, 0.05) is 12.1 Å². The minimum atomic E-state index is -0.115. The maximum absolute atomic E-state index is 8.90. The van der Waals surface area contributed by atoms with Crippen LogP contribution in [0.2, 0.25) is 5.02 Å². The van der Waals surface area contributed by atoms with Crippen LogP contribution in [0.15, 0.2) is 24.3 Å². The third-order valence-corrected chi connectivity index (χ3v) is 3.54. The summed E-state index contributed by atoms with van der Waals surface area (Å²) in [6.07, 6.45) is -0.0694. The van der Waals surface area contributed by atoms with Crippen LogP contribution in [0.3, 0.4) is 0 Å². The van der Waals surface area contributed by atoms with Crippen molar-refractivity contribution >= 4 is 23.6 Å². The molecule has 17 heavy (non-hydrogen) atoms. The van der Waals surface area contributed by atoms with Crippen molar-refractivity contribution in [1.82, 2.24) is 9.96 Å². The third kappa shape index (κ3) is 2.76. The van der Waals surface area contributed by atoms with Gasteiger partial charge in [-0.05, 0) is 36.8 Å². The normalized spacial score (nSPS) is 26.6. The lowest BCUT2D eigenvalue weighted by Crippen LogP contribution is -2.30. The van der Waals surface area contributed by atoms with Gasteiger partial charge in [0.05, 0.1) is 5.75 Å². The number of halogens is 1. The molecule has 0 bridgehead atoms. The van der Waals surface area contributed by atoms with E-state index in [1.54, 1.807) is 5.06 Å². The molecule has 2 unspecified atom stereocenters. The number of rotatable bonds is 3. The Morgan fingerprint density at radius 2 is 2.00 bits per heavy atom. The van der Waals surface area contributed by atoms with Crippen LogP contribution < -0.4 is 0 Å². The van der Waals surface area contributed by atoms with E-state index >= 15 is 0 Å². The molecule has 1 saturated heterocycles. The molecule has 94 valence electrons. The van der Waals surface area contributed by atoms with Gasteiger partial charge in [0.1, 0.15) is 12.4 Å². The highest BCUT2D eigenvalue weighted by Crippen LogP contribution is 2.33. The van der Waals surface area contributed by atoms with Crippen LogP contribution in [-0.4, -0.2) is 40.6 Å². The highest BCUT2D eigenvalue weighted by molar-refractivity contribution is 7.93. The van der Waals surface area contributed by atoms with Crippen molar-refractivity contribution in [3.8, 4) is 0 Å². The number of hydroxylamine groups is 2. The summed E-state index contributed by atoms with van der Waals surface area (Å²) in [4.78, 5) is 7.73. The van der Waals surface area contributed by atoms with E-state index in [-0.39, 0.29) is 12.4 Å². The van der Waals surface area contributed by atoms with Gasteiger partial charge in [0.15, 0.2) is 0 Å². The van der Waals surface area contributed by atoms with Gasteiger partial charge >= 0.3 is 0 Å². The van der Waals surface area contributed by atoms with Gasteiger partial charge < -0.3 is 4.55 Å². The first-order valence-corrected chi connectivity index (χ1v) is 6.59. The second-order valence-corrected chi connectivity index (χ2v) is 5.02. The Kier molecular flexibility index (Phi) is 4.30. The van der Waals surface area contributed by atoms with Gasteiger partial charge in [-0.15, -0.1) is 0 Å². The van der Waals surface area contributed by atoms with Crippen LogP contribution >= 0.6 is 23.6 Å². The van der Waals surface area contributed by atoms with E-state index in [1.165, 1.54) is 0 Å². The summed E-state index contributed by atoms with van der Waals surface area (Å²) in [6.45, 7) is 0. The number of nitrogens with zero attached hydrogens (tertiary/aromatic N) is 2. The fourth-order valence-corrected chi connectivity index (χ4v) is 2.58. The first-order valence-electron chi connectivity index (χ1n) is 5.27. The molecule has 1 aliphatic rings. The lowest BCUT2D eigenvalue weighted by Gasteiger charge is -2.23. The lowest BCUT2D eigenvalue weighted by molar-refractivity contribution is -0.139. The molecule has 1 aromatic rings. The summed E-state index contributed by atoms with van der Waals surface area (Å²) >= 11 is 6.66. The van der Waals surface area contributed by atoms with Crippen LogP contribution in [0.1, 0.15) is 11.7 Å². The molecule has 1 aliphatic heterocycles. The van der Waals surface area contributed by atoms with E-state index in [4.69, 9.17) is 21.0 Å². The molecule has 0 amide bonds.